The highest BCUT2D eigenvalue weighted by Crippen LogP contribution is 2.53. The Hall–Kier alpha value is -1.28. The van der Waals surface area contributed by atoms with Crippen LogP contribution < -0.4 is 5.56 Å². The minimum absolute atomic E-state index is 0.0170. The molecule has 9 nitrogen and oxygen atoms in total. The zero-order valence-electron chi connectivity index (χ0n) is 21.3. The molecule has 12 heteroatoms. The fourth-order valence-corrected chi connectivity index (χ4v) is 7.72. The molecule has 0 saturated carbocycles. The maximum absolute atomic E-state index is 12.5. The van der Waals surface area contributed by atoms with Crippen LogP contribution in [-0.4, -0.2) is 65.1 Å². The van der Waals surface area contributed by atoms with Gasteiger partial charge in [0.1, 0.15) is 30.0 Å². The summed E-state index contributed by atoms with van der Waals surface area (Å²) in [6, 6.07) is 0. The summed E-state index contributed by atoms with van der Waals surface area (Å²) >= 11 is 1.78. The van der Waals surface area contributed by atoms with Crippen LogP contribution in [0.15, 0.2) is 11.1 Å². The molecule has 0 aliphatic carbocycles. The largest absolute Gasteiger partial charge is 0.408 e. The molecule has 1 N–H and O–H groups in total. The number of aromatic nitrogens is 4. The Morgan fingerprint density at radius 3 is 2.68 bits per heavy atom. The first-order valence-electron chi connectivity index (χ1n) is 11.5. The van der Waals surface area contributed by atoms with E-state index in [0.29, 0.717) is 30.1 Å². The van der Waals surface area contributed by atoms with E-state index in [2.05, 4.69) is 60.6 Å². The van der Waals surface area contributed by atoms with Crippen molar-refractivity contribution in [1.82, 2.24) is 19.5 Å². The molecule has 5 atom stereocenters. The molecule has 0 radical (unpaired) electrons. The summed E-state index contributed by atoms with van der Waals surface area (Å²) in [5.41, 5.74) is 0.649. The number of aryl methyl sites for hydroxylation is 1. The molecule has 1 saturated heterocycles. The van der Waals surface area contributed by atoms with Crippen LogP contribution in [-0.2, 0) is 13.5 Å². The van der Waals surface area contributed by atoms with Gasteiger partial charge in [0, 0.05) is 11.9 Å². The van der Waals surface area contributed by atoms with Crippen molar-refractivity contribution in [3.63, 3.8) is 0 Å². The number of nitrogens with zero attached hydrogens (tertiary/aromatic N) is 4. The molecule has 0 bridgehead atoms. The summed E-state index contributed by atoms with van der Waals surface area (Å²) in [5.74, 6) is 0.550. The number of aromatic amines is 1. The van der Waals surface area contributed by atoms with Gasteiger partial charge in [-0.1, -0.05) is 27.7 Å². The zero-order valence-corrected chi connectivity index (χ0v) is 24.0. The van der Waals surface area contributed by atoms with Crippen LogP contribution in [0.4, 0.5) is 0 Å². The highest BCUT2D eigenvalue weighted by atomic mass is 32.2. The lowest BCUT2D eigenvalue weighted by molar-refractivity contribution is 0.0400. The summed E-state index contributed by atoms with van der Waals surface area (Å²) in [4.78, 5) is 27.5. The molecular weight excluding hydrogens is 489 g/mol. The van der Waals surface area contributed by atoms with E-state index in [0.717, 1.165) is 6.42 Å². The highest BCUT2D eigenvalue weighted by Gasteiger charge is 2.51. The average molecular weight is 526 g/mol. The van der Waals surface area contributed by atoms with Gasteiger partial charge in [0.25, 0.3) is 5.56 Å². The number of thioether (sulfide) groups is 1. The molecule has 188 valence electrons. The molecule has 1 aliphatic rings. The van der Waals surface area contributed by atoms with Gasteiger partial charge in [-0.15, -0.1) is 11.8 Å². The van der Waals surface area contributed by atoms with Crippen molar-refractivity contribution in [2.45, 2.75) is 82.0 Å². The van der Waals surface area contributed by atoms with Crippen molar-refractivity contribution < 1.29 is 13.5 Å². The van der Waals surface area contributed by atoms with Crippen molar-refractivity contribution in [3.8, 4) is 0 Å². The highest BCUT2D eigenvalue weighted by molar-refractivity contribution is 8.00. The van der Waals surface area contributed by atoms with E-state index in [4.69, 9.17) is 20.0 Å². The third kappa shape index (κ3) is 5.74. The number of hydrogen-bond donors (Lipinski definition) is 1. The minimum atomic E-state index is -2.17. The lowest BCUT2D eigenvalue weighted by atomic mass is 10.1. The molecule has 2 aromatic rings. The molecule has 34 heavy (non-hydrogen) atoms. The maximum atomic E-state index is 12.5. The minimum Gasteiger partial charge on any atom is -0.408 e. The summed E-state index contributed by atoms with van der Waals surface area (Å²) in [5, 5.41) is 0.0486. The average Bonchev–Trinajstić information content (AvgIpc) is 3.29. The van der Waals surface area contributed by atoms with Crippen molar-refractivity contribution >= 4 is 39.6 Å². The van der Waals surface area contributed by atoms with E-state index in [9.17, 15) is 4.79 Å². The number of hydrogen-bond acceptors (Lipinski definition) is 7. The van der Waals surface area contributed by atoms with E-state index < -0.39 is 16.7 Å². The van der Waals surface area contributed by atoms with Crippen LogP contribution in [0.5, 0.6) is 0 Å². The summed E-state index contributed by atoms with van der Waals surface area (Å²) in [6.07, 6.45) is 2.14. The second kappa shape index (κ2) is 10.8. The molecule has 3 heterocycles. The number of fused-ring (bicyclic) bond motifs is 1. The van der Waals surface area contributed by atoms with E-state index in [-0.39, 0.29) is 33.4 Å². The molecule has 1 unspecified atom stereocenters. The van der Waals surface area contributed by atoms with E-state index >= 15 is 0 Å². The first-order valence-corrected chi connectivity index (χ1v) is 17.0. The Kier molecular flexibility index (Phi) is 8.65. The Balaban J connectivity index is 2.02. The molecular formula is C22H36N5O4PSSi. The van der Waals surface area contributed by atoms with E-state index in [1.54, 1.807) is 25.0 Å². The molecule has 1 aliphatic heterocycles. The van der Waals surface area contributed by atoms with Gasteiger partial charge in [0.2, 0.25) is 6.54 Å². The van der Waals surface area contributed by atoms with Crippen molar-refractivity contribution in [1.29, 1.82) is 0 Å². The summed E-state index contributed by atoms with van der Waals surface area (Å²) in [6.45, 7) is 24.7. The van der Waals surface area contributed by atoms with Crippen LogP contribution in [0, 0.1) is 13.5 Å². The molecule has 3 rings (SSSR count). The second-order valence-electron chi connectivity index (χ2n) is 10.0. The van der Waals surface area contributed by atoms with Crippen LogP contribution in [0.3, 0.4) is 0 Å². The molecule has 0 amide bonds. The normalized spacial score (nSPS) is 24.4. The van der Waals surface area contributed by atoms with Crippen LogP contribution in [0.25, 0.3) is 16.0 Å². The van der Waals surface area contributed by atoms with Gasteiger partial charge in [0.15, 0.2) is 27.9 Å². The quantitative estimate of drug-likeness (QED) is 0.210. The predicted molar refractivity (Wildman–Crippen MR) is 141 cm³/mol. The van der Waals surface area contributed by atoms with E-state index in [1.165, 1.54) is 0 Å². The van der Waals surface area contributed by atoms with Crippen LogP contribution in [0.2, 0.25) is 18.1 Å². The lowest BCUT2D eigenvalue weighted by Gasteiger charge is -2.41. The Labute approximate surface area is 208 Å². The van der Waals surface area contributed by atoms with Crippen molar-refractivity contribution in [3.05, 3.63) is 33.9 Å². The zero-order chi connectivity index (χ0) is 25.3. The lowest BCUT2D eigenvalue weighted by Crippen LogP contribution is -2.49. The Morgan fingerprint density at radius 2 is 2.06 bits per heavy atom. The molecule has 0 spiro atoms. The first-order chi connectivity index (χ1) is 15.9. The third-order valence-electron chi connectivity index (χ3n) is 6.50. The fourth-order valence-electron chi connectivity index (χ4n) is 3.67. The van der Waals surface area contributed by atoms with Gasteiger partial charge in [-0.05, 0) is 31.5 Å². The van der Waals surface area contributed by atoms with Crippen LogP contribution in [0.1, 0.15) is 45.3 Å². The van der Waals surface area contributed by atoms with Crippen molar-refractivity contribution in [2.75, 3.05) is 19.8 Å². The third-order valence-corrected chi connectivity index (χ3v) is 13.8. The van der Waals surface area contributed by atoms with Gasteiger partial charge < -0.3 is 23.3 Å². The van der Waals surface area contributed by atoms with Crippen LogP contribution >= 0.6 is 20.1 Å². The van der Waals surface area contributed by atoms with Gasteiger partial charge in [-0.25, -0.2) is 16.5 Å². The topological polar surface area (TPSA) is 95.6 Å². The Bertz CT molecular complexity index is 1100. The van der Waals surface area contributed by atoms with Gasteiger partial charge >= 0.3 is 0 Å². The number of nitrogens with one attached hydrogen (secondary N) is 1. The molecule has 0 aromatic carbocycles. The number of imidazole rings is 1. The predicted octanol–water partition coefficient (Wildman–Crippen LogP) is 5.11. The van der Waals surface area contributed by atoms with Gasteiger partial charge in [0.05, 0.1) is 6.33 Å². The van der Waals surface area contributed by atoms with Gasteiger partial charge in [-0.2, -0.15) is 0 Å². The Morgan fingerprint density at radius 1 is 1.35 bits per heavy atom. The fraction of sp³-hybridized carbons (Fsp3) is 0.727. The monoisotopic (exact) mass is 525 g/mol. The number of rotatable bonds is 9. The van der Waals surface area contributed by atoms with Gasteiger partial charge in [-0.3, -0.25) is 9.36 Å². The first kappa shape index (κ1) is 27.3. The summed E-state index contributed by atoms with van der Waals surface area (Å²) < 4.78 is 21.3. The molecule has 1 fully saturated rings. The smallest absolute Gasteiger partial charge is 0.279 e. The SMILES string of the molecule is [C-]#[N+]CCOP(C)O[C@H]1[C@@H](O[Si](C)(C)C(C)(C)C)[C@H](n2cnc3c(=O)[nH]c(C)nc32)S[C@@H]1CC. The number of H-pyrrole nitrogens is 1. The standard InChI is InChI=1S/C22H36N5O4PSSi/c1-10-15-17(30-32(7)29-12-11-23-6)18(31-34(8,9)22(3,4)5)21(33-15)27-13-24-16-19(27)25-14(2)26-20(16)28/h13,15,17-18,21H,10-12H2,1-5,7-9H3,(H,25,26,28)/t15-,17-,18-,21-,32?/m1/s1. The molecule has 2 aromatic heterocycles. The van der Waals surface area contributed by atoms with E-state index in [1.807, 2.05) is 11.2 Å². The maximum Gasteiger partial charge on any atom is 0.279 e. The second-order valence-corrected chi connectivity index (χ2v) is 17.5. The summed E-state index contributed by atoms with van der Waals surface area (Å²) in [7, 11) is -3.34. The van der Waals surface area contributed by atoms with Crippen molar-refractivity contribution in [2.24, 2.45) is 0 Å².